The zero-order chi connectivity index (χ0) is 26.4. The SMILES string of the molecule is Cc1cc(Nc2nccc(C3=CC4(C)C(NC[C@]4(C)CO)C(C#N)=C3)n2)c(C)nc1OCC1(C)COC1. The largest absolute Gasteiger partial charge is 0.477 e. The van der Waals surface area contributed by atoms with Crippen LogP contribution in [0.4, 0.5) is 11.6 Å². The molecule has 2 aliphatic heterocycles. The smallest absolute Gasteiger partial charge is 0.227 e. The summed E-state index contributed by atoms with van der Waals surface area (Å²) in [5, 5.41) is 26.8. The molecule has 4 heterocycles. The zero-order valence-corrected chi connectivity index (χ0v) is 22.1. The number of aromatic nitrogens is 3. The van der Waals surface area contributed by atoms with Crippen molar-refractivity contribution in [2.75, 3.05) is 38.3 Å². The number of aliphatic hydroxyl groups is 1. The highest BCUT2D eigenvalue weighted by atomic mass is 16.5. The van der Waals surface area contributed by atoms with Crippen molar-refractivity contribution in [3.05, 3.63) is 53.0 Å². The fourth-order valence-corrected chi connectivity index (χ4v) is 5.29. The summed E-state index contributed by atoms with van der Waals surface area (Å²) in [6.07, 6.45) is 5.72. The molecule has 0 saturated carbocycles. The maximum atomic E-state index is 10.2. The normalized spacial score (nSPS) is 27.9. The predicted octanol–water partition coefficient (Wildman–Crippen LogP) is 3.47. The molecule has 3 aliphatic rings. The van der Waals surface area contributed by atoms with Gasteiger partial charge in [0.05, 0.1) is 55.6 Å². The molecule has 2 aromatic rings. The Hall–Kier alpha value is -3.32. The van der Waals surface area contributed by atoms with Crippen LogP contribution in [0.1, 0.15) is 37.7 Å². The summed E-state index contributed by atoms with van der Waals surface area (Å²) >= 11 is 0. The maximum absolute atomic E-state index is 10.2. The van der Waals surface area contributed by atoms with E-state index in [9.17, 15) is 10.4 Å². The van der Waals surface area contributed by atoms with Crippen molar-refractivity contribution in [1.29, 1.82) is 5.26 Å². The molecule has 2 aromatic heterocycles. The van der Waals surface area contributed by atoms with Crippen LogP contribution in [0.15, 0.2) is 36.1 Å². The molecule has 0 spiro atoms. The van der Waals surface area contributed by atoms with Crippen LogP contribution in [-0.2, 0) is 4.74 Å². The number of rotatable bonds is 7. The van der Waals surface area contributed by atoms with Crippen LogP contribution in [0.25, 0.3) is 5.57 Å². The average molecular weight is 503 g/mol. The quantitative estimate of drug-likeness (QED) is 0.522. The molecule has 0 amide bonds. The second-order valence-electron chi connectivity index (χ2n) is 11.4. The van der Waals surface area contributed by atoms with Crippen molar-refractivity contribution in [2.45, 2.75) is 40.7 Å². The number of anilines is 2. The van der Waals surface area contributed by atoms with Gasteiger partial charge in [-0.05, 0) is 37.6 Å². The van der Waals surface area contributed by atoms with E-state index in [1.54, 1.807) is 6.20 Å². The molecule has 2 saturated heterocycles. The van der Waals surface area contributed by atoms with E-state index >= 15 is 0 Å². The fraction of sp³-hybridized carbons (Fsp3) is 0.500. The first-order valence-corrected chi connectivity index (χ1v) is 12.6. The highest BCUT2D eigenvalue weighted by Gasteiger charge is 2.55. The Kier molecular flexibility index (Phi) is 6.31. The van der Waals surface area contributed by atoms with Gasteiger partial charge in [0.15, 0.2) is 0 Å². The van der Waals surface area contributed by atoms with E-state index in [0.717, 1.165) is 22.5 Å². The van der Waals surface area contributed by atoms with Gasteiger partial charge >= 0.3 is 0 Å². The number of pyridine rings is 1. The Bertz CT molecular complexity index is 1330. The highest BCUT2D eigenvalue weighted by Crippen LogP contribution is 2.52. The Labute approximate surface area is 217 Å². The molecular weight excluding hydrogens is 468 g/mol. The van der Waals surface area contributed by atoms with E-state index in [1.165, 1.54) is 0 Å². The van der Waals surface area contributed by atoms with Gasteiger partial charge in [0.2, 0.25) is 11.8 Å². The second-order valence-corrected chi connectivity index (χ2v) is 11.4. The molecule has 2 fully saturated rings. The van der Waals surface area contributed by atoms with Crippen molar-refractivity contribution in [2.24, 2.45) is 16.2 Å². The first-order valence-electron chi connectivity index (χ1n) is 12.6. The minimum atomic E-state index is -0.439. The number of hydrogen-bond acceptors (Lipinski definition) is 9. The van der Waals surface area contributed by atoms with E-state index in [2.05, 4.69) is 46.6 Å². The van der Waals surface area contributed by atoms with Crippen LogP contribution in [0.3, 0.4) is 0 Å². The van der Waals surface area contributed by atoms with Crippen molar-refractivity contribution >= 4 is 17.2 Å². The van der Waals surface area contributed by atoms with Crippen molar-refractivity contribution in [3.8, 4) is 11.9 Å². The van der Waals surface area contributed by atoms with Gasteiger partial charge in [0.1, 0.15) is 0 Å². The molecule has 3 N–H and O–H groups in total. The van der Waals surface area contributed by atoms with Crippen LogP contribution in [0.2, 0.25) is 0 Å². The predicted molar refractivity (Wildman–Crippen MR) is 140 cm³/mol. The van der Waals surface area contributed by atoms with Crippen LogP contribution < -0.4 is 15.4 Å². The maximum Gasteiger partial charge on any atom is 0.227 e. The van der Waals surface area contributed by atoms with E-state index in [0.29, 0.717) is 49.5 Å². The van der Waals surface area contributed by atoms with Crippen molar-refractivity contribution in [3.63, 3.8) is 0 Å². The molecule has 37 heavy (non-hydrogen) atoms. The van der Waals surface area contributed by atoms with Gasteiger partial charge in [-0.3, -0.25) is 0 Å². The third kappa shape index (κ3) is 4.39. The number of allylic oxidation sites excluding steroid dienone is 2. The molecule has 5 rings (SSSR count). The monoisotopic (exact) mass is 502 g/mol. The highest BCUT2D eigenvalue weighted by molar-refractivity contribution is 5.77. The molecule has 1 aliphatic carbocycles. The molecule has 0 bridgehead atoms. The number of nitrogens with one attached hydrogen (secondary N) is 2. The average Bonchev–Trinajstić information content (AvgIpc) is 3.14. The lowest BCUT2D eigenvalue weighted by molar-refractivity contribution is -0.120. The number of fused-ring (bicyclic) bond motifs is 1. The van der Waals surface area contributed by atoms with E-state index < -0.39 is 10.8 Å². The Morgan fingerprint density at radius 3 is 2.73 bits per heavy atom. The number of ether oxygens (including phenoxy) is 2. The van der Waals surface area contributed by atoms with Crippen LogP contribution >= 0.6 is 0 Å². The van der Waals surface area contributed by atoms with Gasteiger partial charge in [0.25, 0.3) is 0 Å². The van der Waals surface area contributed by atoms with Crippen LogP contribution in [0.5, 0.6) is 5.88 Å². The third-order valence-electron chi connectivity index (χ3n) is 8.17. The molecule has 3 atom stereocenters. The molecule has 9 nitrogen and oxygen atoms in total. The first kappa shape index (κ1) is 25.3. The van der Waals surface area contributed by atoms with Gasteiger partial charge in [-0.1, -0.05) is 26.8 Å². The number of nitriles is 1. The lowest BCUT2D eigenvalue weighted by Gasteiger charge is -2.42. The van der Waals surface area contributed by atoms with Crippen LogP contribution in [-0.4, -0.2) is 59.1 Å². The Morgan fingerprint density at radius 1 is 1.27 bits per heavy atom. The minimum absolute atomic E-state index is 0.0183. The minimum Gasteiger partial charge on any atom is -0.477 e. The summed E-state index contributed by atoms with van der Waals surface area (Å²) in [6.45, 7) is 12.8. The number of aliphatic hydroxyl groups excluding tert-OH is 1. The zero-order valence-electron chi connectivity index (χ0n) is 22.1. The summed E-state index contributed by atoms with van der Waals surface area (Å²) in [4.78, 5) is 13.8. The lowest BCUT2D eigenvalue weighted by Crippen LogP contribution is -2.44. The van der Waals surface area contributed by atoms with Gasteiger partial charge in [-0.2, -0.15) is 5.26 Å². The summed E-state index contributed by atoms with van der Waals surface area (Å²) in [7, 11) is 0. The molecular formula is C28H34N6O3. The molecule has 9 heteroatoms. The summed E-state index contributed by atoms with van der Waals surface area (Å²) in [6, 6.07) is 6.03. The van der Waals surface area contributed by atoms with Crippen molar-refractivity contribution in [1.82, 2.24) is 20.3 Å². The standard InChI is InChI=1S/C28H34N6O3/c1-17-8-22(18(2)32-24(17)37-16-26(3)14-36-15-26)34-25-30-7-6-21(33-25)19-9-20(11-29)23-28(5,10-19)27(4,13-35)12-31-23/h6-10,23,31,35H,12-16H2,1-5H3,(H,30,33,34)/t23?,27-,28?/m1/s1. The van der Waals surface area contributed by atoms with E-state index in [4.69, 9.17) is 14.5 Å². The summed E-state index contributed by atoms with van der Waals surface area (Å²) < 4.78 is 11.3. The lowest BCUT2D eigenvalue weighted by atomic mass is 9.61. The summed E-state index contributed by atoms with van der Waals surface area (Å²) in [5.74, 6) is 1.05. The second kappa shape index (κ2) is 9.21. The third-order valence-corrected chi connectivity index (χ3v) is 8.17. The number of nitrogens with zero attached hydrogens (tertiary/aromatic N) is 4. The molecule has 0 radical (unpaired) electrons. The van der Waals surface area contributed by atoms with Gasteiger partial charge in [-0.25, -0.2) is 15.0 Å². The summed E-state index contributed by atoms with van der Waals surface area (Å²) in [5.41, 5.74) is 3.88. The Balaban J connectivity index is 1.40. The fourth-order valence-electron chi connectivity index (χ4n) is 5.29. The number of hydrogen-bond donors (Lipinski definition) is 3. The molecule has 194 valence electrons. The number of aryl methyl sites for hydroxylation is 2. The van der Waals surface area contributed by atoms with Gasteiger partial charge in [-0.15, -0.1) is 0 Å². The molecule has 0 aromatic carbocycles. The van der Waals surface area contributed by atoms with Crippen molar-refractivity contribution < 1.29 is 14.6 Å². The first-order chi connectivity index (χ1) is 17.6. The Morgan fingerprint density at radius 2 is 2.05 bits per heavy atom. The van der Waals surface area contributed by atoms with Gasteiger partial charge < -0.3 is 25.2 Å². The van der Waals surface area contributed by atoms with E-state index in [-0.39, 0.29) is 18.1 Å². The molecule has 2 unspecified atom stereocenters. The topological polar surface area (TPSA) is 125 Å². The van der Waals surface area contributed by atoms with E-state index in [1.807, 2.05) is 39.0 Å². The van der Waals surface area contributed by atoms with Crippen LogP contribution in [0, 0.1) is 41.4 Å². The van der Waals surface area contributed by atoms with Gasteiger partial charge in [0, 0.05) is 40.1 Å².